The van der Waals surface area contributed by atoms with Crippen molar-refractivity contribution in [3.8, 4) is 5.75 Å². The standard InChI is InChI=1S/C22H22FN5O/c1-13-11-24-14(2)17-12-25-28-8-6-20(26-21(17)28)27-7-5-15-10-22(15,27)18-9-16(23)3-4-19(18)29-13/h3-4,6,8-9,12-13,15,24H,2,5,7,10-11H2,1H3/t13-,15-,22+/m0/s1. The average molecular weight is 391 g/mol. The monoisotopic (exact) mass is 391 g/mol. The minimum absolute atomic E-state index is 0.109. The fourth-order valence-electron chi connectivity index (χ4n) is 5.05. The van der Waals surface area contributed by atoms with Gasteiger partial charge in [-0.1, -0.05) is 6.58 Å². The van der Waals surface area contributed by atoms with E-state index in [1.165, 1.54) is 6.07 Å². The van der Waals surface area contributed by atoms with E-state index in [0.29, 0.717) is 12.5 Å². The van der Waals surface area contributed by atoms with Crippen LogP contribution in [0.15, 0.2) is 43.2 Å². The number of halogens is 1. The van der Waals surface area contributed by atoms with Gasteiger partial charge in [0.1, 0.15) is 23.5 Å². The van der Waals surface area contributed by atoms with E-state index in [0.717, 1.165) is 53.4 Å². The number of aromatic nitrogens is 3. The summed E-state index contributed by atoms with van der Waals surface area (Å²) >= 11 is 0. The maximum atomic E-state index is 14.3. The summed E-state index contributed by atoms with van der Waals surface area (Å²) in [5.74, 6) is 1.89. The Hall–Kier alpha value is -3.09. The summed E-state index contributed by atoms with van der Waals surface area (Å²) in [7, 11) is 0. The molecule has 3 aliphatic rings. The quantitative estimate of drug-likeness (QED) is 0.637. The molecule has 0 unspecified atom stereocenters. The van der Waals surface area contributed by atoms with E-state index >= 15 is 0 Å². The van der Waals surface area contributed by atoms with Crippen molar-refractivity contribution in [2.45, 2.75) is 31.4 Å². The van der Waals surface area contributed by atoms with Crippen LogP contribution in [0, 0.1) is 11.7 Å². The summed E-state index contributed by atoms with van der Waals surface area (Å²) in [5.41, 5.74) is 3.09. The number of benzene rings is 1. The Morgan fingerprint density at radius 2 is 2.24 bits per heavy atom. The lowest BCUT2D eigenvalue weighted by atomic mass is 10.0. The Kier molecular flexibility index (Phi) is 3.32. The normalized spacial score (nSPS) is 27.8. The third-order valence-corrected chi connectivity index (χ3v) is 6.55. The van der Waals surface area contributed by atoms with Gasteiger partial charge in [0.05, 0.1) is 23.8 Å². The average Bonchev–Trinajstić information content (AvgIpc) is 3.10. The third kappa shape index (κ3) is 2.33. The van der Waals surface area contributed by atoms with Crippen molar-refractivity contribution in [3.05, 3.63) is 60.2 Å². The number of piperidine rings is 1. The van der Waals surface area contributed by atoms with Crippen molar-refractivity contribution in [1.82, 2.24) is 19.9 Å². The molecule has 0 radical (unpaired) electrons. The van der Waals surface area contributed by atoms with E-state index in [2.05, 4.69) is 21.9 Å². The Labute approximate surface area is 168 Å². The Morgan fingerprint density at radius 1 is 1.34 bits per heavy atom. The number of hydrogen-bond donors (Lipinski definition) is 1. The second-order valence-corrected chi connectivity index (χ2v) is 8.31. The molecule has 148 valence electrons. The Bertz CT molecular complexity index is 1160. The number of rotatable bonds is 0. The smallest absolute Gasteiger partial charge is 0.166 e. The summed E-state index contributed by atoms with van der Waals surface area (Å²) in [6.45, 7) is 7.65. The molecule has 2 aromatic heterocycles. The lowest BCUT2D eigenvalue weighted by Gasteiger charge is -2.31. The van der Waals surface area contributed by atoms with E-state index in [4.69, 9.17) is 9.72 Å². The van der Waals surface area contributed by atoms with E-state index < -0.39 is 0 Å². The van der Waals surface area contributed by atoms with Crippen LogP contribution in [-0.4, -0.2) is 33.8 Å². The van der Waals surface area contributed by atoms with E-state index in [9.17, 15) is 4.39 Å². The summed E-state index contributed by atoms with van der Waals surface area (Å²) in [4.78, 5) is 7.28. The lowest BCUT2D eigenvalue weighted by Crippen LogP contribution is -2.34. The van der Waals surface area contributed by atoms with Gasteiger partial charge in [0.15, 0.2) is 5.65 Å². The third-order valence-electron chi connectivity index (χ3n) is 6.55. The molecule has 4 heterocycles. The van der Waals surface area contributed by atoms with Gasteiger partial charge in [-0.25, -0.2) is 13.9 Å². The minimum Gasteiger partial charge on any atom is -0.489 e. The van der Waals surface area contributed by atoms with Gasteiger partial charge >= 0.3 is 0 Å². The molecule has 1 aromatic carbocycles. The maximum absolute atomic E-state index is 14.3. The van der Waals surface area contributed by atoms with Crippen molar-refractivity contribution >= 4 is 17.2 Å². The molecule has 1 N–H and O–H groups in total. The Morgan fingerprint density at radius 3 is 3.10 bits per heavy atom. The first-order valence-corrected chi connectivity index (χ1v) is 10.1. The molecule has 1 spiro atoms. The second-order valence-electron chi connectivity index (χ2n) is 8.31. The van der Waals surface area contributed by atoms with Crippen LogP contribution >= 0.6 is 0 Å². The minimum atomic E-state index is -0.249. The zero-order valence-corrected chi connectivity index (χ0v) is 16.2. The Balaban J connectivity index is 1.58. The number of fused-ring (bicyclic) bond motifs is 3. The molecule has 1 saturated carbocycles. The summed E-state index contributed by atoms with van der Waals surface area (Å²) in [6.07, 6.45) is 5.67. The fraction of sp³-hybridized carbons (Fsp3) is 0.364. The van der Waals surface area contributed by atoms with Crippen molar-refractivity contribution in [1.29, 1.82) is 0 Å². The van der Waals surface area contributed by atoms with Crippen LogP contribution < -0.4 is 15.0 Å². The van der Waals surface area contributed by atoms with Gasteiger partial charge < -0.3 is 15.0 Å². The zero-order valence-electron chi connectivity index (χ0n) is 16.2. The predicted molar refractivity (Wildman–Crippen MR) is 108 cm³/mol. The number of nitrogens with one attached hydrogen (secondary N) is 1. The molecule has 1 saturated heterocycles. The summed E-state index contributed by atoms with van der Waals surface area (Å²) < 4.78 is 22.4. The van der Waals surface area contributed by atoms with Gasteiger partial charge in [-0.2, -0.15) is 5.10 Å². The molecule has 6 rings (SSSR count). The lowest BCUT2D eigenvalue weighted by molar-refractivity contribution is 0.219. The second kappa shape index (κ2) is 5.72. The SMILES string of the molecule is C=C1NC[C@H](C)Oc2ccc(F)cc2[C@@]23C[C@@H]2CCN3c2ccn3ncc1c3n2. The van der Waals surface area contributed by atoms with Crippen LogP contribution in [-0.2, 0) is 5.54 Å². The van der Waals surface area contributed by atoms with Crippen molar-refractivity contribution in [2.75, 3.05) is 18.0 Å². The van der Waals surface area contributed by atoms with Gasteiger partial charge in [-0.15, -0.1) is 0 Å². The highest BCUT2D eigenvalue weighted by molar-refractivity contribution is 5.74. The molecule has 2 fully saturated rings. The molecule has 1 aliphatic carbocycles. The number of ether oxygens (including phenoxy) is 1. The van der Waals surface area contributed by atoms with Crippen molar-refractivity contribution < 1.29 is 9.13 Å². The molecule has 2 aliphatic heterocycles. The fourth-order valence-corrected chi connectivity index (χ4v) is 5.05. The van der Waals surface area contributed by atoms with Crippen molar-refractivity contribution in [3.63, 3.8) is 0 Å². The van der Waals surface area contributed by atoms with Gasteiger partial charge in [0.2, 0.25) is 0 Å². The first-order valence-electron chi connectivity index (χ1n) is 10.1. The predicted octanol–water partition coefficient (Wildman–Crippen LogP) is 3.34. The van der Waals surface area contributed by atoms with Crippen molar-refractivity contribution in [2.24, 2.45) is 5.92 Å². The molecular weight excluding hydrogens is 369 g/mol. The molecule has 0 amide bonds. The van der Waals surface area contributed by atoms with Crippen LogP contribution in [0.4, 0.5) is 10.2 Å². The highest BCUT2D eigenvalue weighted by Crippen LogP contribution is 2.65. The highest BCUT2D eigenvalue weighted by Gasteiger charge is 2.64. The topological polar surface area (TPSA) is 54.7 Å². The zero-order chi connectivity index (χ0) is 19.8. The van der Waals surface area contributed by atoms with Crippen LogP contribution in [0.25, 0.3) is 11.3 Å². The summed E-state index contributed by atoms with van der Waals surface area (Å²) in [5, 5.41) is 7.75. The molecular formula is C22H22FN5O. The molecule has 3 atom stereocenters. The van der Waals surface area contributed by atoms with Crippen LogP contribution in [0.2, 0.25) is 0 Å². The number of anilines is 1. The molecule has 29 heavy (non-hydrogen) atoms. The molecule has 7 heteroatoms. The maximum Gasteiger partial charge on any atom is 0.166 e. The number of hydrogen-bond acceptors (Lipinski definition) is 5. The molecule has 6 nitrogen and oxygen atoms in total. The molecule has 2 bridgehead atoms. The first kappa shape index (κ1) is 16.8. The van der Waals surface area contributed by atoms with Crippen LogP contribution in [0.3, 0.4) is 0 Å². The summed E-state index contributed by atoms with van der Waals surface area (Å²) in [6, 6.07) is 6.88. The highest BCUT2D eigenvalue weighted by atomic mass is 19.1. The van der Waals surface area contributed by atoms with Gasteiger partial charge in [-0.05, 0) is 49.9 Å². The van der Waals surface area contributed by atoms with Gasteiger partial charge in [-0.3, -0.25) is 0 Å². The van der Waals surface area contributed by atoms with Crippen LogP contribution in [0.5, 0.6) is 5.75 Å². The van der Waals surface area contributed by atoms with Gasteiger partial charge in [0, 0.05) is 24.0 Å². The van der Waals surface area contributed by atoms with E-state index in [1.807, 2.05) is 19.2 Å². The number of nitrogens with zero attached hydrogens (tertiary/aromatic N) is 4. The van der Waals surface area contributed by atoms with E-state index in [1.54, 1.807) is 22.8 Å². The van der Waals surface area contributed by atoms with Gasteiger partial charge in [0.25, 0.3) is 0 Å². The molecule has 3 aromatic rings. The first-order chi connectivity index (χ1) is 14.1. The van der Waals surface area contributed by atoms with E-state index in [-0.39, 0.29) is 17.5 Å². The van der Waals surface area contributed by atoms with Crippen LogP contribution in [0.1, 0.15) is 30.9 Å². The largest absolute Gasteiger partial charge is 0.489 e.